The Morgan fingerprint density at radius 2 is 1.91 bits per heavy atom. The third-order valence-electron chi connectivity index (χ3n) is 4.68. The summed E-state index contributed by atoms with van der Waals surface area (Å²) in [6, 6.07) is 2.18. The van der Waals surface area contributed by atoms with Gasteiger partial charge < -0.3 is 9.80 Å². The maximum absolute atomic E-state index is 12.7. The Balaban J connectivity index is 1.67. The molecule has 2 fully saturated rings. The maximum Gasteiger partial charge on any atom is 0.433 e. The molecule has 1 spiro atoms. The van der Waals surface area contributed by atoms with Gasteiger partial charge in [-0.1, -0.05) is 0 Å². The van der Waals surface area contributed by atoms with Crippen molar-refractivity contribution in [2.45, 2.75) is 19.0 Å². The molecular formula is C15H18F3N3O. The number of alkyl halides is 3. The molecule has 0 saturated carbocycles. The zero-order valence-electron chi connectivity index (χ0n) is 12.4. The summed E-state index contributed by atoms with van der Waals surface area (Å²) in [4.78, 5) is 19.5. The highest BCUT2D eigenvalue weighted by atomic mass is 19.4. The molecule has 120 valence electrons. The third kappa shape index (κ3) is 2.82. The Hall–Kier alpha value is -1.63. The molecule has 1 aromatic heterocycles. The largest absolute Gasteiger partial charge is 0.433 e. The lowest BCUT2D eigenvalue weighted by atomic mass is 9.72. The van der Waals surface area contributed by atoms with Crippen LogP contribution >= 0.6 is 0 Å². The van der Waals surface area contributed by atoms with Gasteiger partial charge in [-0.3, -0.25) is 9.78 Å². The Labute approximate surface area is 126 Å². The fourth-order valence-electron chi connectivity index (χ4n) is 3.22. The van der Waals surface area contributed by atoms with Crippen molar-refractivity contribution < 1.29 is 18.0 Å². The smallest absolute Gasteiger partial charge is 0.337 e. The van der Waals surface area contributed by atoms with E-state index in [-0.39, 0.29) is 16.9 Å². The number of carbonyl (C=O) groups excluding carboxylic acids is 1. The minimum atomic E-state index is -4.53. The highest BCUT2D eigenvalue weighted by Crippen LogP contribution is 2.40. The number of likely N-dealkylation sites (tertiary alicyclic amines) is 2. The molecule has 3 heterocycles. The second-order valence-electron chi connectivity index (χ2n) is 6.39. The second-order valence-corrected chi connectivity index (χ2v) is 6.39. The van der Waals surface area contributed by atoms with Crippen molar-refractivity contribution in [1.82, 2.24) is 14.8 Å². The summed E-state index contributed by atoms with van der Waals surface area (Å²) in [5.74, 6) is -0.336. The maximum atomic E-state index is 12.7. The van der Waals surface area contributed by atoms with Gasteiger partial charge in [0, 0.05) is 30.3 Å². The van der Waals surface area contributed by atoms with E-state index in [0.29, 0.717) is 13.1 Å². The number of carbonyl (C=O) groups is 1. The summed E-state index contributed by atoms with van der Waals surface area (Å²) in [5, 5.41) is 0. The van der Waals surface area contributed by atoms with Crippen LogP contribution in [0.5, 0.6) is 0 Å². The van der Waals surface area contributed by atoms with Gasteiger partial charge in [-0.2, -0.15) is 13.2 Å². The predicted octanol–water partition coefficient (Wildman–Crippen LogP) is 2.27. The molecule has 2 saturated heterocycles. The number of piperidine rings is 1. The van der Waals surface area contributed by atoms with Gasteiger partial charge in [0.15, 0.2) is 0 Å². The number of amides is 1. The van der Waals surface area contributed by atoms with Crippen LogP contribution in [0.15, 0.2) is 18.3 Å². The van der Waals surface area contributed by atoms with Gasteiger partial charge in [-0.05, 0) is 45.1 Å². The van der Waals surface area contributed by atoms with Crippen molar-refractivity contribution in [2.24, 2.45) is 5.41 Å². The molecule has 0 unspecified atom stereocenters. The van der Waals surface area contributed by atoms with Gasteiger partial charge in [0.25, 0.3) is 5.91 Å². The lowest BCUT2D eigenvalue weighted by Gasteiger charge is -2.53. The number of hydrogen-bond acceptors (Lipinski definition) is 3. The van der Waals surface area contributed by atoms with E-state index in [1.165, 1.54) is 6.07 Å². The van der Waals surface area contributed by atoms with Crippen molar-refractivity contribution in [1.29, 1.82) is 0 Å². The molecular weight excluding hydrogens is 295 g/mol. The van der Waals surface area contributed by atoms with E-state index in [0.717, 1.165) is 38.2 Å². The molecule has 22 heavy (non-hydrogen) atoms. The molecule has 0 N–H and O–H groups in total. The molecule has 1 amide bonds. The van der Waals surface area contributed by atoms with Crippen LogP contribution in [0, 0.1) is 5.41 Å². The summed E-state index contributed by atoms with van der Waals surface area (Å²) in [6.45, 7) is 3.30. The Morgan fingerprint density at radius 3 is 2.50 bits per heavy atom. The highest BCUT2D eigenvalue weighted by molar-refractivity contribution is 5.94. The van der Waals surface area contributed by atoms with Gasteiger partial charge in [-0.25, -0.2) is 0 Å². The van der Waals surface area contributed by atoms with Gasteiger partial charge in [-0.15, -0.1) is 0 Å². The first-order valence-electron chi connectivity index (χ1n) is 7.30. The van der Waals surface area contributed by atoms with Crippen LogP contribution in [0.4, 0.5) is 13.2 Å². The summed E-state index contributed by atoms with van der Waals surface area (Å²) < 4.78 is 38.0. The van der Waals surface area contributed by atoms with Crippen molar-refractivity contribution >= 4 is 5.91 Å². The zero-order chi connectivity index (χ0) is 16.0. The molecule has 0 radical (unpaired) electrons. The van der Waals surface area contributed by atoms with E-state index in [1.807, 2.05) is 0 Å². The van der Waals surface area contributed by atoms with Gasteiger partial charge >= 0.3 is 6.18 Å². The standard InChI is InChI=1S/C15H18F3N3O/c1-20-6-3-14(4-7-20)9-21(10-14)13(22)11-2-5-19-12(8-11)15(16,17)18/h2,5,8H,3-4,6-7,9-10H2,1H3. The predicted molar refractivity (Wildman–Crippen MR) is 74.3 cm³/mol. The van der Waals surface area contributed by atoms with E-state index in [2.05, 4.69) is 16.9 Å². The fourth-order valence-corrected chi connectivity index (χ4v) is 3.22. The number of pyridine rings is 1. The first kappa shape index (κ1) is 15.3. The lowest BCUT2D eigenvalue weighted by Crippen LogP contribution is -2.61. The van der Waals surface area contributed by atoms with Crippen LogP contribution in [0.25, 0.3) is 0 Å². The molecule has 4 nitrogen and oxygen atoms in total. The SMILES string of the molecule is CN1CCC2(CC1)CN(C(=O)c1ccnc(C(F)(F)F)c1)C2. The molecule has 0 aliphatic carbocycles. The number of nitrogens with zero attached hydrogens (tertiary/aromatic N) is 3. The zero-order valence-corrected chi connectivity index (χ0v) is 12.4. The average molecular weight is 313 g/mol. The highest BCUT2D eigenvalue weighted by Gasteiger charge is 2.46. The summed E-state index contributed by atoms with van der Waals surface area (Å²) in [5.41, 5.74) is -0.791. The van der Waals surface area contributed by atoms with E-state index in [9.17, 15) is 18.0 Å². The van der Waals surface area contributed by atoms with Gasteiger partial charge in [0.1, 0.15) is 5.69 Å². The number of halogens is 3. The number of hydrogen-bond donors (Lipinski definition) is 0. The Morgan fingerprint density at radius 1 is 1.27 bits per heavy atom. The topological polar surface area (TPSA) is 36.4 Å². The van der Waals surface area contributed by atoms with E-state index in [4.69, 9.17) is 0 Å². The van der Waals surface area contributed by atoms with Crippen LogP contribution in [-0.4, -0.2) is 53.9 Å². The quantitative estimate of drug-likeness (QED) is 0.798. The van der Waals surface area contributed by atoms with Gasteiger partial charge in [0.2, 0.25) is 0 Å². The Kier molecular flexibility index (Phi) is 3.63. The summed E-state index contributed by atoms with van der Waals surface area (Å²) in [7, 11) is 2.07. The third-order valence-corrected chi connectivity index (χ3v) is 4.68. The fraction of sp³-hybridized carbons (Fsp3) is 0.600. The first-order chi connectivity index (χ1) is 10.3. The minimum absolute atomic E-state index is 0.0603. The van der Waals surface area contributed by atoms with E-state index >= 15 is 0 Å². The molecule has 2 aliphatic rings. The van der Waals surface area contributed by atoms with Crippen LogP contribution in [-0.2, 0) is 6.18 Å². The molecule has 7 heteroatoms. The molecule has 0 atom stereocenters. The molecule has 1 aromatic rings. The average Bonchev–Trinajstić information content (AvgIpc) is 2.45. The molecule has 2 aliphatic heterocycles. The molecule has 0 bridgehead atoms. The van der Waals surface area contributed by atoms with Crippen molar-refractivity contribution in [2.75, 3.05) is 33.2 Å². The molecule has 3 rings (SSSR count). The summed E-state index contributed by atoms with van der Waals surface area (Å²) in [6.07, 6.45) is -1.41. The van der Waals surface area contributed by atoms with E-state index in [1.54, 1.807) is 4.90 Å². The van der Waals surface area contributed by atoms with Crippen LogP contribution in [0.1, 0.15) is 28.9 Å². The lowest BCUT2D eigenvalue weighted by molar-refractivity contribution is -0.141. The minimum Gasteiger partial charge on any atom is -0.337 e. The second kappa shape index (κ2) is 5.22. The van der Waals surface area contributed by atoms with Crippen molar-refractivity contribution in [3.05, 3.63) is 29.6 Å². The van der Waals surface area contributed by atoms with Crippen LogP contribution in [0.3, 0.4) is 0 Å². The van der Waals surface area contributed by atoms with E-state index < -0.39 is 11.9 Å². The Bertz CT molecular complexity index is 572. The molecule has 0 aromatic carbocycles. The normalized spacial score (nSPS) is 21.7. The van der Waals surface area contributed by atoms with Crippen molar-refractivity contribution in [3.8, 4) is 0 Å². The monoisotopic (exact) mass is 313 g/mol. The van der Waals surface area contributed by atoms with Gasteiger partial charge in [0.05, 0.1) is 0 Å². The van der Waals surface area contributed by atoms with Crippen molar-refractivity contribution in [3.63, 3.8) is 0 Å². The number of aromatic nitrogens is 1. The first-order valence-corrected chi connectivity index (χ1v) is 7.30. The van der Waals surface area contributed by atoms with Crippen LogP contribution < -0.4 is 0 Å². The van der Waals surface area contributed by atoms with Crippen LogP contribution in [0.2, 0.25) is 0 Å². The number of rotatable bonds is 1. The summed E-state index contributed by atoms with van der Waals surface area (Å²) >= 11 is 0.